The second-order valence-electron chi connectivity index (χ2n) is 6.67. The van der Waals surface area contributed by atoms with Crippen molar-refractivity contribution in [3.8, 4) is 11.5 Å². The fourth-order valence-electron chi connectivity index (χ4n) is 3.07. The van der Waals surface area contributed by atoms with Crippen LogP contribution in [0.2, 0.25) is 5.02 Å². The molecule has 1 aromatic carbocycles. The lowest BCUT2D eigenvalue weighted by Gasteiger charge is -2.03. The minimum absolute atomic E-state index is 0.0448. The Morgan fingerprint density at radius 2 is 2.11 bits per heavy atom. The molecule has 2 atom stereocenters. The Morgan fingerprint density at radius 1 is 1.29 bits per heavy atom. The SMILES string of the molecule is CC(=O)NCc1ccc(-c2csc(NC(=O)[C@H]3C[C@H]3c3ccccc3Cl)n2)o1. The van der Waals surface area contributed by atoms with Gasteiger partial charge >= 0.3 is 0 Å². The molecule has 0 radical (unpaired) electrons. The van der Waals surface area contributed by atoms with Crippen LogP contribution in [-0.4, -0.2) is 16.8 Å². The molecule has 1 fully saturated rings. The summed E-state index contributed by atoms with van der Waals surface area (Å²) in [5, 5.41) is 8.63. The van der Waals surface area contributed by atoms with Gasteiger partial charge < -0.3 is 15.1 Å². The molecule has 1 aliphatic carbocycles. The van der Waals surface area contributed by atoms with Crippen molar-refractivity contribution in [1.29, 1.82) is 0 Å². The first-order valence-corrected chi connectivity index (χ1v) is 10.1. The number of carbonyl (C=O) groups is 2. The minimum Gasteiger partial charge on any atom is -0.458 e. The van der Waals surface area contributed by atoms with E-state index in [1.165, 1.54) is 18.3 Å². The van der Waals surface area contributed by atoms with Gasteiger partial charge in [0.2, 0.25) is 11.8 Å². The number of aromatic nitrogens is 1. The minimum atomic E-state index is -0.119. The van der Waals surface area contributed by atoms with Crippen molar-refractivity contribution >= 4 is 39.9 Å². The molecule has 0 unspecified atom stereocenters. The molecule has 0 bridgehead atoms. The first kappa shape index (κ1) is 18.7. The number of furan rings is 1. The van der Waals surface area contributed by atoms with Crippen molar-refractivity contribution in [1.82, 2.24) is 10.3 Å². The number of anilines is 1. The van der Waals surface area contributed by atoms with Crippen LogP contribution in [0.4, 0.5) is 5.13 Å². The summed E-state index contributed by atoms with van der Waals surface area (Å²) < 4.78 is 5.69. The van der Waals surface area contributed by atoms with Gasteiger partial charge in [-0.2, -0.15) is 0 Å². The van der Waals surface area contributed by atoms with Crippen molar-refractivity contribution < 1.29 is 14.0 Å². The molecule has 2 N–H and O–H groups in total. The molecule has 6 nitrogen and oxygen atoms in total. The number of carbonyl (C=O) groups excluding carboxylic acids is 2. The summed E-state index contributed by atoms with van der Waals surface area (Å²) in [4.78, 5) is 27.9. The smallest absolute Gasteiger partial charge is 0.229 e. The van der Waals surface area contributed by atoms with Crippen LogP contribution in [0.5, 0.6) is 0 Å². The van der Waals surface area contributed by atoms with Crippen molar-refractivity contribution in [2.24, 2.45) is 5.92 Å². The average Bonchev–Trinajstić information content (AvgIpc) is 3.09. The lowest BCUT2D eigenvalue weighted by atomic mass is 10.1. The van der Waals surface area contributed by atoms with Gasteiger partial charge in [0.1, 0.15) is 11.5 Å². The Bertz CT molecular complexity index is 1030. The van der Waals surface area contributed by atoms with Gasteiger partial charge in [-0.25, -0.2) is 4.98 Å². The average molecular weight is 416 g/mol. The number of thiazole rings is 1. The number of nitrogens with one attached hydrogen (secondary N) is 2. The molecule has 1 saturated carbocycles. The second-order valence-corrected chi connectivity index (χ2v) is 7.94. The molecule has 0 saturated heterocycles. The van der Waals surface area contributed by atoms with Crippen molar-refractivity contribution in [3.05, 3.63) is 58.1 Å². The van der Waals surface area contributed by atoms with Gasteiger partial charge in [0, 0.05) is 23.2 Å². The van der Waals surface area contributed by atoms with Gasteiger partial charge in [-0.1, -0.05) is 29.8 Å². The van der Waals surface area contributed by atoms with Crippen LogP contribution in [-0.2, 0) is 16.1 Å². The van der Waals surface area contributed by atoms with Crippen molar-refractivity contribution in [3.63, 3.8) is 0 Å². The lowest BCUT2D eigenvalue weighted by Crippen LogP contribution is -2.18. The van der Waals surface area contributed by atoms with Crippen LogP contribution >= 0.6 is 22.9 Å². The molecule has 2 heterocycles. The predicted molar refractivity (Wildman–Crippen MR) is 108 cm³/mol. The Hall–Kier alpha value is -2.64. The number of hydrogen-bond acceptors (Lipinski definition) is 5. The van der Waals surface area contributed by atoms with Gasteiger partial charge in [-0.05, 0) is 36.1 Å². The molecule has 1 aliphatic rings. The molecule has 2 amide bonds. The highest BCUT2D eigenvalue weighted by molar-refractivity contribution is 7.14. The molecular weight excluding hydrogens is 398 g/mol. The Kier molecular flexibility index (Phi) is 5.19. The molecule has 2 aromatic heterocycles. The molecule has 8 heteroatoms. The maximum atomic E-state index is 12.5. The largest absolute Gasteiger partial charge is 0.458 e. The summed E-state index contributed by atoms with van der Waals surface area (Å²) in [7, 11) is 0. The van der Waals surface area contributed by atoms with Gasteiger partial charge in [0.15, 0.2) is 10.9 Å². The van der Waals surface area contributed by atoms with E-state index >= 15 is 0 Å². The fourth-order valence-corrected chi connectivity index (χ4v) is 4.05. The third kappa shape index (κ3) is 4.10. The van der Waals surface area contributed by atoms with Gasteiger partial charge in [0.05, 0.1) is 6.54 Å². The maximum Gasteiger partial charge on any atom is 0.229 e. The number of benzene rings is 1. The van der Waals surface area contributed by atoms with Crippen LogP contribution in [0, 0.1) is 5.92 Å². The number of halogens is 1. The van der Waals surface area contributed by atoms with Gasteiger partial charge in [-0.3, -0.25) is 9.59 Å². The van der Waals surface area contributed by atoms with Crippen LogP contribution < -0.4 is 10.6 Å². The van der Waals surface area contributed by atoms with E-state index in [0.717, 1.165) is 12.0 Å². The Morgan fingerprint density at radius 3 is 2.89 bits per heavy atom. The summed E-state index contributed by atoms with van der Waals surface area (Å²) in [6.45, 7) is 1.78. The van der Waals surface area contributed by atoms with Crippen LogP contribution in [0.15, 0.2) is 46.2 Å². The Labute approximate surface area is 170 Å². The summed E-state index contributed by atoms with van der Waals surface area (Å²) in [5.41, 5.74) is 1.67. The summed E-state index contributed by atoms with van der Waals surface area (Å²) in [6.07, 6.45) is 0.790. The summed E-state index contributed by atoms with van der Waals surface area (Å²) in [6, 6.07) is 11.2. The van der Waals surface area contributed by atoms with E-state index in [-0.39, 0.29) is 23.7 Å². The molecule has 0 aliphatic heterocycles. The molecule has 4 rings (SSSR count). The van der Waals surface area contributed by atoms with E-state index in [4.69, 9.17) is 16.0 Å². The highest BCUT2D eigenvalue weighted by Crippen LogP contribution is 2.50. The van der Waals surface area contributed by atoms with Gasteiger partial charge in [-0.15, -0.1) is 11.3 Å². The zero-order valence-corrected chi connectivity index (χ0v) is 16.6. The first-order valence-electron chi connectivity index (χ1n) is 8.85. The normalized spacial score (nSPS) is 17.9. The molecule has 144 valence electrons. The van der Waals surface area contributed by atoms with E-state index in [2.05, 4.69) is 15.6 Å². The fraction of sp³-hybridized carbons (Fsp3) is 0.250. The molecule has 3 aromatic rings. The van der Waals surface area contributed by atoms with Crippen LogP contribution in [0.3, 0.4) is 0 Å². The van der Waals surface area contributed by atoms with E-state index < -0.39 is 0 Å². The van der Waals surface area contributed by atoms with E-state index in [1.54, 1.807) is 12.1 Å². The topological polar surface area (TPSA) is 84.2 Å². The number of hydrogen-bond donors (Lipinski definition) is 2. The molecule has 28 heavy (non-hydrogen) atoms. The molecular formula is C20H18ClN3O3S. The maximum absolute atomic E-state index is 12.5. The summed E-state index contributed by atoms with van der Waals surface area (Å²) >= 11 is 7.57. The monoisotopic (exact) mass is 415 g/mol. The van der Waals surface area contributed by atoms with E-state index in [9.17, 15) is 9.59 Å². The number of rotatable bonds is 6. The zero-order valence-electron chi connectivity index (χ0n) is 15.1. The quantitative estimate of drug-likeness (QED) is 0.623. The predicted octanol–water partition coefficient (Wildman–Crippen LogP) is 4.43. The lowest BCUT2D eigenvalue weighted by molar-refractivity contribution is -0.119. The third-order valence-electron chi connectivity index (χ3n) is 4.59. The van der Waals surface area contributed by atoms with E-state index in [0.29, 0.717) is 33.9 Å². The Balaban J connectivity index is 1.37. The van der Waals surface area contributed by atoms with Crippen molar-refractivity contribution in [2.75, 3.05) is 5.32 Å². The van der Waals surface area contributed by atoms with Crippen molar-refractivity contribution in [2.45, 2.75) is 25.8 Å². The third-order valence-corrected chi connectivity index (χ3v) is 5.69. The highest BCUT2D eigenvalue weighted by atomic mass is 35.5. The standard InChI is InChI=1S/C20H18ClN3O3S/c1-11(25)22-9-12-6-7-18(27-12)17-10-28-20(23-17)24-19(26)15-8-14(15)13-4-2-3-5-16(13)21/h2-7,10,14-15H,8-9H2,1H3,(H,22,25)(H,23,24,26)/t14-,15-/m0/s1. The second kappa shape index (κ2) is 7.77. The van der Waals surface area contributed by atoms with Crippen LogP contribution in [0.25, 0.3) is 11.5 Å². The van der Waals surface area contributed by atoms with E-state index in [1.807, 2.05) is 29.6 Å². The number of nitrogens with zero attached hydrogens (tertiary/aromatic N) is 1. The van der Waals surface area contributed by atoms with Crippen LogP contribution in [0.1, 0.15) is 30.6 Å². The summed E-state index contributed by atoms with van der Waals surface area (Å²) in [5.74, 6) is 1.15. The highest BCUT2D eigenvalue weighted by Gasteiger charge is 2.45. The first-order chi connectivity index (χ1) is 13.5. The number of amides is 2. The molecule has 0 spiro atoms. The van der Waals surface area contributed by atoms with Gasteiger partial charge in [0.25, 0.3) is 0 Å². The zero-order chi connectivity index (χ0) is 19.7.